The fourth-order valence-electron chi connectivity index (χ4n) is 1.87. The number of piperidine rings is 1. The third-order valence-corrected chi connectivity index (χ3v) is 3.00. The molecular formula is C12H15ClFNO. The van der Waals surface area contributed by atoms with Gasteiger partial charge in [-0.3, -0.25) is 0 Å². The van der Waals surface area contributed by atoms with Gasteiger partial charge in [0.15, 0.2) is 0 Å². The summed E-state index contributed by atoms with van der Waals surface area (Å²) in [5, 5.41) is 3.67. The summed E-state index contributed by atoms with van der Waals surface area (Å²) < 4.78 is 18.6. The lowest BCUT2D eigenvalue weighted by molar-refractivity contribution is 0.214. The second kappa shape index (κ2) is 5.51. The van der Waals surface area contributed by atoms with E-state index in [9.17, 15) is 4.39 Å². The highest BCUT2D eigenvalue weighted by molar-refractivity contribution is 6.30. The van der Waals surface area contributed by atoms with Crippen LogP contribution in [-0.2, 0) is 0 Å². The average Bonchev–Trinajstić information content (AvgIpc) is 2.27. The van der Waals surface area contributed by atoms with E-state index in [2.05, 4.69) is 5.32 Å². The van der Waals surface area contributed by atoms with Gasteiger partial charge in [-0.1, -0.05) is 11.6 Å². The molecule has 1 fully saturated rings. The molecular weight excluding hydrogens is 229 g/mol. The van der Waals surface area contributed by atoms with Gasteiger partial charge in [-0.05, 0) is 44.0 Å². The highest BCUT2D eigenvalue weighted by atomic mass is 35.5. The van der Waals surface area contributed by atoms with E-state index in [1.165, 1.54) is 12.1 Å². The van der Waals surface area contributed by atoms with Gasteiger partial charge in [-0.2, -0.15) is 0 Å². The van der Waals surface area contributed by atoms with E-state index in [0.717, 1.165) is 25.9 Å². The molecule has 1 aliphatic rings. The molecule has 0 bridgehead atoms. The Morgan fingerprint density at radius 1 is 1.31 bits per heavy atom. The van der Waals surface area contributed by atoms with Crippen LogP contribution in [0.4, 0.5) is 4.39 Å². The van der Waals surface area contributed by atoms with E-state index in [1.807, 2.05) is 0 Å². The Hall–Kier alpha value is -0.800. The van der Waals surface area contributed by atoms with E-state index in [-0.39, 0.29) is 5.82 Å². The van der Waals surface area contributed by atoms with Crippen LogP contribution in [0, 0.1) is 11.7 Å². The van der Waals surface area contributed by atoms with Crippen molar-refractivity contribution in [3.05, 3.63) is 29.0 Å². The zero-order valence-electron chi connectivity index (χ0n) is 9.01. The number of hydrogen-bond acceptors (Lipinski definition) is 2. The molecule has 1 aromatic carbocycles. The molecule has 0 unspecified atom stereocenters. The standard InChI is InChI=1S/C12H15ClFNO/c13-10-5-11(14)7-12(6-10)16-8-9-1-3-15-4-2-9/h5-7,9,15H,1-4,8H2. The molecule has 0 radical (unpaired) electrons. The maximum Gasteiger partial charge on any atom is 0.128 e. The largest absolute Gasteiger partial charge is 0.493 e. The normalized spacial score (nSPS) is 17.4. The molecule has 0 atom stereocenters. The molecule has 1 aliphatic heterocycles. The topological polar surface area (TPSA) is 21.3 Å². The van der Waals surface area contributed by atoms with Crippen molar-refractivity contribution in [1.29, 1.82) is 0 Å². The number of hydrogen-bond donors (Lipinski definition) is 1. The van der Waals surface area contributed by atoms with Crippen molar-refractivity contribution in [1.82, 2.24) is 5.32 Å². The summed E-state index contributed by atoms with van der Waals surface area (Å²) in [5.41, 5.74) is 0. The smallest absolute Gasteiger partial charge is 0.128 e. The lowest BCUT2D eigenvalue weighted by atomic mass is 9.99. The number of rotatable bonds is 3. The van der Waals surface area contributed by atoms with Crippen LogP contribution in [-0.4, -0.2) is 19.7 Å². The minimum atomic E-state index is -0.354. The van der Waals surface area contributed by atoms with Crippen LogP contribution >= 0.6 is 11.6 Å². The maximum absolute atomic E-state index is 13.0. The van der Waals surface area contributed by atoms with Gasteiger partial charge in [0.2, 0.25) is 0 Å². The Labute approximate surface area is 99.7 Å². The van der Waals surface area contributed by atoms with Crippen LogP contribution in [0.15, 0.2) is 18.2 Å². The van der Waals surface area contributed by atoms with Gasteiger partial charge in [0.1, 0.15) is 11.6 Å². The first-order valence-electron chi connectivity index (χ1n) is 5.53. The van der Waals surface area contributed by atoms with Crippen LogP contribution in [0.25, 0.3) is 0 Å². The highest BCUT2D eigenvalue weighted by Gasteiger charge is 2.13. The number of nitrogens with one attached hydrogen (secondary N) is 1. The average molecular weight is 244 g/mol. The second-order valence-corrected chi connectivity index (χ2v) is 4.55. The molecule has 1 saturated heterocycles. The predicted molar refractivity (Wildman–Crippen MR) is 62.5 cm³/mol. The van der Waals surface area contributed by atoms with E-state index < -0.39 is 0 Å². The number of ether oxygens (including phenoxy) is 1. The molecule has 1 heterocycles. The quantitative estimate of drug-likeness (QED) is 0.882. The van der Waals surface area contributed by atoms with Gasteiger partial charge in [0, 0.05) is 11.1 Å². The van der Waals surface area contributed by atoms with Crippen LogP contribution in [0.2, 0.25) is 5.02 Å². The lowest BCUT2D eigenvalue weighted by Gasteiger charge is -2.22. The summed E-state index contributed by atoms with van der Waals surface area (Å²) in [7, 11) is 0. The number of benzene rings is 1. The molecule has 1 aromatic rings. The lowest BCUT2D eigenvalue weighted by Crippen LogP contribution is -2.30. The summed E-state index contributed by atoms with van der Waals surface area (Å²) in [6, 6.07) is 4.29. The van der Waals surface area contributed by atoms with Gasteiger partial charge >= 0.3 is 0 Å². The van der Waals surface area contributed by atoms with Crippen LogP contribution in [0.3, 0.4) is 0 Å². The minimum absolute atomic E-state index is 0.354. The summed E-state index contributed by atoms with van der Waals surface area (Å²) in [4.78, 5) is 0. The SMILES string of the molecule is Fc1cc(Cl)cc(OCC2CCNCC2)c1. The van der Waals surface area contributed by atoms with Crippen molar-refractivity contribution >= 4 is 11.6 Å². The summed E-state index contributed by atoms with van der Waals surface area (Å²) in [6.45, 7) is 2.72. The first-order chi connectivity index (χ1) is 7.74. The molecule has 2 rings (SSSR count). The molecule has 0 aromatic heterocycles. The summed E-state index contributed by atoms with van der Waals surface area (Å²) >= 11 is 5.74. The molecule has 2 nitrogen and oxygen atoms in total. The van der Waals surface area contributed by atoms with E-state index in [1.54, 1.807) is 6.07 Å². The van der Waals surface area contributed by atoms with E-state index >= 15 is 0 Å². The Kier molecular flexibility index (Phi) is 4.02. The van der Waals surface area contributed by atoms with Crippen molar-refractivity contribution in [3.63, 3.8) is 0 Å². The zero-order chi connectivity index (χ0) is 11.4. The van der Waals surface area contributed by atoms with Crippen molar-refractivity contribution < 1.29 is 9.13 Å². The van der Waals surface area contributed by atoms with Gasteiger partial charge in [0.05, 0.1) is 6.61 Å². The Balaban J connectivity index is 1.88. The van der Waals surface area contributed by atoms with Gasteiger partial charge in [-0.15, -0.1) is 0 Å². The number of halogens is 2. The van der Waals surface area contributed by atoms with Crippen molar-refractivity contribution in [2.45, 2.75) is 12.8 Å². The molecule has 0 aliphatic carbocycles. The highest BCUT2D eigenvalue weighted by Crippen LogP contribution is 2.21. The van der Waals surface area contributed by atoms with Gasteiger partial charge in [-0.25, -0.2) is 4.39 Å². The molecule has 1 N–H and O–H groups in total. The fourth-order valence-corrected chi connectivity index (χ4v) is 2.09. The molecule has 0 saturated carbocycles. The second-order valence-electron chi connectivity index (χ2n) is 4.11. The monoisotopic (exact) mass is 243 g/mol. The van der Waals surface area contributed by atoms with Gasteiger partial charge < -0.3 is 10.1 Å². The first-order valence-corrected chi connectivity index (χ1v) is 5.91. The Morgan fingerprint density at radius 3 is 2.75 bits per heavy atom. The molecule has 0 spiro atoms. The molecule has 0 amide bonds. The van der Waals surface area contributed by atoms with E-state index in [4.69, 9.17) is 16.3 Å². The predicted octanol–water partition coefficient (Wildman–Crippen LogP) is 2.86. The van der Waals surface area contributed by atoms with Crippen molar-refractivity contribution in [3.8, 4) is 5.75 Å². The third kappa shape index (κ3) is 3.35. The molecule has 16 heavy (non-hydrogen) atoms. The summed E-state index contributed by atoms with van der Waals surface area (Å²) in [5.74, 6) is 0.722. The van der Waals surface area contributed by atoms with Crippen LogP contribution < -0.4 is 10.1 Å². The minimum Gasteiger partial charge on any atom is -0.493 e. The molecule has 4 heteroatoms. The van der Waals surface area contributed by atoms with Crippen LogP contribution in [0.1, 0.15) is 12.8 Å². The van der Waals surface area contributed by atoms with Crippen LogP contribution in [0.5, 0.6) is 5.75 Å². The van der Waals surface area contributed by atoms with Crippen molar-refractivity contribution in [2.24, 2.45) is 5.92 Å². The Bertz CT molecular complexity index is 333. The third-order valence-electron chi connectivity index (χ3n) is 2.78. The zero-order valence-corrected chi connectivity index (χ0v) is 9.77. The van der Waals surface area contributed by atoms with Gasteiger partial charge in [0.25, 0.3) is 0 Å². The summed E-state index contributed by atoms with van der Waals surface area (Å²) in [6.07, 6.45) is 2.23. The maximum atomic E-state index is 13.0. The first kappa shape index (κ1) is 11.7. The fraction of sp³-hybridized carbons (Fsp3) is 0.500. The molecule has 88 valence electrons. The van der Waals surface area contributed by atoms with E-state index in [0.29, 0.717) is 23.3 Å². The Morgan fingerprint density at radius 2 is 2.06 bits per heavy atom. The van der Waals surface area contributed by atoms with Crippen molar-refractivity contribution in [2.75, 3.05) is 19.7 Å².